The molecule has 1 saturated heterocycles. The third-order valence-corrected chi connectivity index (χ3v) is 7.74. The zero-order chi connectivity index (χ0) is 24.1. The maximum Gasteiger partial charge on any atom is 0.219 e. The summed E-state index contributed by atoms with van der Waals surface area (Å²) in [5.74, 6) is 1.11. The van der Waals surface area contributed by atoms with Crippen LogP contribution in [0.1, 0.15) is 48.5 Å². The topological polar surface area (TPSA) is 88.7 Å². The molecule has 1 N–H and O–H groups in total. The van der Waals surface area contributed by atoms with Crippen molar-refractivity contribution >= 4 is 17.4 Å². The number of rotatable bonds is 4. The molecule has 0 aliphatic carbocycles. The maximum absolute atomic E-state index is 12.2. The number of aromatic nitrogens is 4. The fourth-order valence-electron chi connectivity index (χ4n) is 5.78. The first-order chi connectivity index (χ1) is 17.0. The van der Waals surface area contributed by atoms with Crippen molar-refractivity contribution in [3.8, 4) is 11.1 Å². The normalized spacial score (nSPS) is 21.8. The molecule has 2 atom stereocenters. The van der Waals surface area contributed by atoms with E-state index in [0.29, 0.717) is 13.2 Å². The standard InChI is InChI=1S/C26H32N6O3/c1-17(34)30-8-6-25-23(14-30)26(28-32(25)21-7-10-35-16-21)31-9-5-19(15-33)22-11-18(3-4-24(22)31)20-12-27-29(2)13-20/h3-4,11-13,19,21,33H,5-10,14-16H2,1-2H3/t19-,21+/m0/s1. The molecular formula is C26H32N6O3. The van der Waals surface area contributed by atoms with Gasteiger partial charge in [-0.1, -0.05) is 6.07 Å². The molecule has 0 bridgehead atoms. The van der Waals surface area contributed by atoms with Gasteiger partial charge in [0.1, 0.15) is 0 Å². The van der Waals surface area contributed by atoms with E-state index in [4.69, 9.17) is 9.84 Å². The molecule has 1 amide bonds. The molecule has 0 unspecified atom stereocenters. The Hall–Kier alpha value is -3.17. The van der Waals surface area contributed by atoms with Crippen LogP contribution in [0.2, 0.25) is 0 Å². The number of aliphatic hydroxyl groups excluding tert-OH is 1. The van der Waals surface area contributed by atoms with Gasteiger partial charge in [-0.3, -0.25) is 14.2 Å². The van der Waals surface area contributed by atoms with Gasteiger partial charge in [-0.25, -0.2) is 0 Å². The van der Waals surface area contributed by atoms with E-state index in [1.54, 1.807) is 11.6 Å². The summed E-state index contributed by atoms with van der Waals surface area (Å²) in [4.78, 5) is 16.5. The number of fused-ring (bicyclic) bond motifs is 2. The smallest absolute Gasteiger partial charge is 0.219 e. The van der Waals surface area contributed by atoms with Crippen LogP contribution in [-0.2, 0) is 29.5 Å². The molecule has 5 heterocycles. The summed E-state index contributed by atoms with van der Waals surface area (Å²) in [5, 5.41) is 19.7. The number of benzene rings is 1. The third kappa shape index (κ3) is 3.83. The second kappa shape index (κ2) is 8.80. The minimum Gasteiger partial charge on any atom is -0.396 e. The predicted octanol–water partition coefficient (Wildman–Crippen LogP) is 2.77. The van der Waals surface area contributed by atoms with Crippen molar-refractivity contribution < 1.29 is 14.6 Å². The van der Waals surface area contributed by atoms with Crippen LogP contribution in [-0.4, -0.2) is 68.4 Å². The lowest BCUT2D eigenvalue weighted by Crippen LogP contribution is -2.36. The Kier molecular flexibility index (Phi) is 5.61. The van der Waals surface area contributed by atoms with Crippen molar-refractivity contribution in [3.05, 3.63) is 47.4 Å². The Morgan fingerprint density at radius 3 is 2.83 bits per heavy atom. The van der Waals surface area contributed by atoms with Gasteiger partial charge in [0.2, 0.25) is 5.91 Å². The van der Waals surface area contributed by atoms with Gasteiger partial charge in [-0.05, 0) is 36.1 Å². The van der Waals surface area contributed by atoms with Crippen LogP contribution in [0.15, 0.2) is 30.6 Å². The average molecular weight is 477 g/mol. The van der Waals surface area contributed by atoms with Gasteiger partial charge in [-0.15, -0.1) is 0 Å². The largest absolute Gasteiger partial charge is 0.396 e. The van der Waals surface area contributed by atoms with Gasteiger partial charge >= 0.3 is 0 Å². The molecule has 6 rings (SSSR count). The summed E-state index contributed by atoms with van der Waals surface area (Å²) >= 11 is 0. The van der Waals surface area contributed by atoms with E-state index in [2.05, 4.69) is 32.9 Å². The molecule has 1 aromatic carbocycles. The number of ether oxygens (including phenoxy) is 1. The molecule has 2 aromatic heterocycles. The maximum atomic E-state index is 12.2. The highest BCUT2D eigenvalue weighted by Crippen LogP contribution is 2.43. The number of aryl methyl sites for hydroxylation is 1. The SMILES string of the molecule is CC(=O)N1CCc2c(c(N3CC[C@@H](CO)c4cc(-c5cnn(C)c5)ccc43)nn2[C@@H]2CCOC2)C1. The van der Waals surface area contributed by atoms with Gasteiger partial charge in [0, 0.05) is 74.7 Å². The highest BCUT2D eigenvalue weighted by atomic mass is 16.5. The molecule has 0 spiro atoms. The monoisotopic (exact) mass is 476 g/mol. The van der Waals surface area contributed by atoms with Crippen LogP contribution >= 0.6 is 0 Å². The molecule has 3 aromatic rings. The fourth-order valence-corrected chi connectivity index (χ4v) is 5.78. The van der Waals surface area contributed by atoms with Crippen LogP contribution in [0.25, 0.3) is 11.1 Å². The van der Waals surface area contributed by atoms with Crippen molar-refractivity contribution in [2.45, 2.75) is 44.7 Å². The molecule has 3 aliphatic heterocycles. The van der Waals surface area contributed by atoms with Gasteiger partial charge in [0.25, 0.3) is 0 Å². The predicted molar refractivity (Wildman–Crippen MR) is 132 cm³/mol. The minimum atomic E-state index is 0.0766. The molecule has 3 aliphatic rings. The Labute approximate surface area is 204 Å². The van der Waals surface area contributed by atoms with Crippen LogP contribution in [0.3, 0.4) is 0 Å². The number of anilines is 2. The second-order valence-electron chi connectivity index (χ2n) is 9.90. The second-order valence-corrected chi connectivity index (χ2v) is 9.90. The van der Waals surface area contributed by atoms with Gasteiger partial charge in [0.15, 0.2) is 5.82 Å². The number of amides is 1. The van der Waals surface area contributed by atoms with E-state index in [-0.39, 0.29) is 24.5 Å². The first-order valence-electron chi connectivity index (χ1n) is 12.5. The summed E-state index contributed by atoms with van der Waals surface area (Å²) in [6, 6.07) is 6.70. The summed E-state index contributed by atoms with van der Waals surface area (Å²) in [7, 11) is 1.92. The molecule has 0 saturated carbocycles. The lowest BCUT2D eigenvalue weighted by Gasteiger charge is -2.35. The quantitative estimate of drug-likeness (QED) is 0.623. The number of hydrogen-bond acceptors (Lipinski definition) is 6. The number of carbonyl (C=O) groups is 1. The van der Waals surface area contributed by atoms with E-state index in [1.807, 2.05) is 24.3 Å². The van der Waals surface area contributed by atoms with E-state index >= 15 is 0 Å². The lowest BCUT2D eigenvalue weighted by atomic mass is 9.88. The first-order valence-corrected chi connectivity index (χ1v) is 12.5. The number of nitrogens with zero attached hydrogens (tertiary/aromatic N) is 6. The Bertz CT molecular complexity index is 1260. The summed E-state index contributed by atoms with van der Waals surface area (Å²) in [6.45, 7) is 5.27. The summed E-state index contributed by atoms with van der Waals surface area (Å²) in [5.41, 5.74) is 6.73. The third-order valence-electron chi connectivity index (χ3n) is 7.74. The number of aliphatic hydroxyl groups is 1. The Balaban J connectivity index is 1.45. The molecule has 184 valence electrons. The molecule has 9 nitrogen and oxygen atoms in total. The van der Waals surface area contributed by atoms with E-state index in [9.17, 15) is 9.90 Å². The van der Waals surface area contributed by atoms with Crippen molar-refractivity contribution in [1.82, 2.24) is 24.5 Å². The fraction of sp³-hybridized carbons (Fsp3) is 0.500. The highest BCUT2D eigenvalue weighted by Gasteiger charge is 2.35. The average Bonchev–Trinajstić information content (AvgIpc) is 3.62. The minimum absolute atomic E-state index is 0.0766. The summed E-state index contributed by atoms with van der Waals surface area (Å²) < 4.78 is 9.67. The first kappa shape index (κ1) is 22.3. The highest BCUT2D eigenvalue weighted by molar-refractivity contribution is 5.76. The van der Waals surface area contributed by atoms with Crippen molar-refractivity contribution in [3.63, 3.8) is 0 Å². The Morgan fingerprint density at radius 2 is 2.11 bits per heavy atom. The molecule has 35 heavy (non-hydrogen) atoms. The van der Waals surface area contributed by atoms with Gasteiger partial charge in [-0.2, -0.15) is 10.2 Å². The van der Waals surface area contributed by atoms with Crippen molar-refractivity contribution in [1.29, 1.82) is 0 Å². The van der Waals surface area contributed by atoms with Crippen LogP contribution in [0.5, 0.6) is 0 Å². The van der Waals surface area contributed by atoms with Crippen molar-refractivity contribution in [2.75, 3.05) is 37.8 Å². The van der Waals surface area contributed by atoms with Crippen LogP contribution < -0.4 is 4.90 Å². The summed E-state index contributed by atoms with van der Waals surface area (Å²) in [6.07, 6.45) is 6.48. The molecule has 1 fully saturated rings. The van der Waals surface area contributed by atoms with E-state index in [0.717, 1.165) is 72.7 Å². The zero-order valence-corrected chi connectivity index (χ0v) is 20.4. The van der Waals surface area contributed by atoms with E-state index < -0.39 is 0 Å². The van der Waals surface area contributed by atoms with Crippen molar-refractivity contribution in [2.24, 2.45) is 7.05 Å². The van der Waals surface area contributed by atoms with E-state index in [1.165, 1.54) is 5.69 Å². The van der Waals surface area contributed by atoms with Gasteiger partial charge in [0.05, 0.1) is 32.0 Å². The Morgan fingerprint density at radius 1 is 1.23 bits per heavy atom. The lowest BCUT2D eigenvalue weighted by molar-refractivity contribution is -0.129. The van der Waals surface area contributed by atoms with Crippen LogP contribution in [0.4, 0.5) is 11.5 Å². The van der Waals surface area contributed by atoms with Crippen LogP contribution in [0, 0.1) is 0 Å². The molecular weight excluding hydrogens is 444 g/mol. The molecule has 9 heteroatoms. The molecule has 0 radical (unpaired) electrons. The number of carbonyl (C=O) groups excluding carboxylic acids is 1. The van der Waals surface area contributed by atoms with Gasteiger partial charge < -0.3 is 19.6 Å². The zero-order valence-electron chi connectivity index (χ0n) is 20.4. The number of hydrogen-bond donors (Lipinski definition) is 1.